The Bertz CT molecular complexity index is 1330. The first-order valence-corrected chi connectivity index (χ1v) is 11.4. The molecule has 1 amide bonds. The van der Waals surface area contributed by atoms with Gasteiger partial charge in [-0.2, -0.15) is 10.4 Å². The highest BCUT2D eigenvalue weighted by Gasteiger charge is 2.15. The second-order valence-electron chi connectivity index (χ2n) is 7.75. The third-order valence-electron chi connectivity index (χ3n) is 5.28. The van der Waals surface area contributed by atoms with Gasteiger partial charge in [0.2, 0.25) is 0 Å². The second kappa shape index (κ2) is 11.5. The first-order valence-electron chi connectivity index (χ1n) is 11.4. The molecular weight excluding hydrogens is 440 g/mol. The fourth-order valence-electron chi connectivity index (χ4n) is 3.61. The Labute approximate surface area is 204 Å². The number of rotatable bonds is 10. The molecule has 0 radical (unpaired) electrons. The monoisotopic (exact) mass is 466 g/mol. The molecule has 0 saturated heterocycles. The number of nitriles is 1. The number of hydrogen-bond acceptors (Lipinski definition) is 5. The summed E-state index contributed by atoms with van der Waals surface area (Å²) in [6.07, 6.45) is 9.44. The number of carbonyl (C=O) groups is 1. The van der Waals surface area contributed by atoms with Gasteiger partial charge in [0.15, 0.2) is 0 Å². The summed E-state index contributed by atoms with van der Waals surface area (Å²) in [7, 11) is 0. The number of imidazole rings is 1. The molecule has 0 unspecified atom stereocenters. The van der Waals surface area contributed by atoms with Crippen molar-refractivity contribution >= 4 is 12.0 Å². The van der Waals surface area contributed by atoms with Crippen LogP contribution in [0.1, 0.15) is 18.9 Å². The van der Waals surface area contributed by atoms with E-state index >= 15 is 0 Å². The molecule has 0 saturated carbocycles. The molecule has 1 N–H and O–H groups in total. The standard InChI is InChI=1S/C27H26N6O2/c1-2-35-25-11-6-8-21(17-25)26-23(19-33(31-26)24-9-4-3-5-10-24)16-22(18-28)27(34)30-12-7-14-32-15-13-29-20-32/h3-6,8-11,13,15-17,19-20H,2,7,12,14H2,1H3,(H,30,34)/b22-16-. The number of aryl methyl sites for hydroxylation is 1. The second-order valence-corrected chi connectivity index (χ2v) is 7.75. The van der Waals surface area contributed by atoms with E-state index in [1.165, 1.54) is 0 Å². The lowest BCUT2D eigenvalue weighted by Gasteiger charge is -2.06. The van der Waals surface area contributed by atoms with Crippen LogP contribution in [0.15, 0.2) is 85.1 Å². The third-order valence-corrected chi connectivity index (χ3v) is 5.28. The van der Waals surface area contributed by atoms with Crippen molar-refractivity contribution < 1.29 is 9.53 Å². The van der Waals surface area contributed by atoms with Crippen LogP contribution in [0.25, 0.3) is 23.0 Å². The van der Waals surface area contributed by atoms with Gasteiger partial charge in [0.1, 0.15) is 23.1 Å². The van der Waals surface area contributed by atoms with Gasteiger partial charge >= 0.3 is 0 Å². The molecule has 35 heavy (non-hydrogen) atoms. The molecule has 2 heterocycles. The summed E-state index contributed by atoms with van der Waals surface area (Å²) in [6.45, 7) is 3.66. The van der Waals surface area contributed by atoms with E-state index in [1.807, 2.05) is 84.6 Å². The summed E-state index contributed by atoms with van der Waals surface area (Å²) in [6, 6.07) is 19.3. The molecule has 2 aromatic heterocycles. The molecule has 0 bridgehead atoms. The molecule has 8 nitrogen and oxygen atoms in total. The molecule has 2 aromatic carbocycles. The zero-order valence-electron chi connectivity index (χ0n) is 19.5. The smallest absolute Gasteiger partial charge is 0.261 e. The van der Waals surface area contributed by atoms with E-state index in [1.54, 1.807) is 23.3 Å². The van der Waals surface area contributed by atoms with E-state index in [9.17, 15) is 10.1 Å². The highest BCUT2D eigenvalue weighted by molar-refractivity contribution is 6.02. The van der Waals surface area contributed by atoms with Crippen molar-refractivity contribution in [2.24, 2.45) is 0 Å². The molecule has 0 atom stereocenters. The van der Waals surface area contributed by atoms with Gasteiger partial charge in [0.05, 0.1) is 18.6 Å². The van der Waals surface area contributed by atoms with E-state index in [2.05, 4.69) is 10.3 Å². The van der Waals surface area contributed by atoms with Crippen LogP contribution in [0, 0.1) is 11.3 Å². The van der Waals surface area contributed by atoms with Gasteiger partial charge < -0.3 is 14.6 Å². The van der Waals surface area contributed by atoms with Gasteiger partial charge in [-0.05, 0) is 43.7 Å². The van der Waals surface area contributed by atoms with Crippen molar-refractivity contribution in [3.63, 3.8) is 0 Å². The fourth-order valence-corrected chi connectivity index (χ4v) is 3.61. The number of nitrogens with one attached hydrogen (secondary N) is 1. The van der Waals surface area contributed by atoms with Crippen molar-refractivity contribution in [1.29, 1.82) is 5.26 Å². The SMILES string of the molecule is CCOc1cccc(-c2nn(-c3ccccc3)cc2/C=C(/C#N)C(=O)NCCCn2ccnc2)c1. The van der Waals surface area contributed by atoms with Crippen LogP contribution in [0.3, 0.4) is 0 Å². The van der Waals surface area contributed by atoms with Crippen LogP contribution in [-0.2, 0) is 11.3 Å². The zero-order chi connectivity index (χ0) is 24.5. The van der Waals surface area contributed by atoms with E-state index in [0.29, 0.717) is 24.4 Å². The van der Waals surface area contributed by atoms with Crippen LogP contribution in [0.4, 0.5) is 0 Å². The summed E-state index contributed by atoms with van der Waals surface area (Å²) in [5, 5.41) is 17.3. The van der Waals surface area contributed by atoms with Crippen molar-refractivity contribution in [2.45, 2.75) is 19.9 Å². The maximum Gasteiger partial charge on any atom is 0.261 e. The van der Waals surface area contributed by atoms with Crippen molar-refractivity contribution in [1.82, 2.24) is 24.6 Å². The van der Waals surface area contributed by atoms with Crippen LogP contribution in [0.5, 0.6) is 5.75 Å². The third kappa shape index (κ3) is 6.03. The lowest BCUT2D eigenvalue weighted by molar-refractivity contribution is -0.117. The molecule has 8 heteroatoms. The molecule has 0 spiro atoms. The van der Waals surface area contributed by atoms with E-state index in [0.717, 1.165) is 30.0 Å². The predicted molar refractivity (Wildman–Crippen MR) is 134 cm³/mol. The summed E-state index contributed by atoms with van der Waals surface area (Å²) in [5.41, 5.74) is 3.03. The maximum absolute atomic E-state index is 12.7. The maximum atomic E-state index is 12.7. The van der Waals surface area contributed by atoms with Crippen molar-refractivity contribution in [3.05, 3.63) is 90.7 Å². The lowest BCUT2D eigenvalue weighted by atomic mass is 10.1. The fraction of sp³-hybridized carbons (Fsp3) is 0.185. The van der Waals surface area contributed by atoms with E-state index in [-0.39, 0.29) is 5.57 Å². The molecule has 4 rings (SSSR count). The Morgan fingerprint density at radius 3 is 2.80 bits per heavy atom. The van der Waals surface area contributed by atoms with Crippen molar-refractivity contribution in [2.75, 3.05) is 13.2 Å². The predicted octanol–water partition coefficient (Wildman–Crippen LogP) is 4.25. The molecule has 176 valence electrons. The van der Waals surface area contributed by atoms with E-state index < -0.39 is 5.91 Å². The van der Waals surface area contributed by atoms with Gasteiger partial charge in [0, 0.05) is 42.8 Å². The lowest BCUT2D eigenvalue weighted by Crippen LogP contribution is -2.26. The number of para-hydroxylation sites is 1. The van der Waals surface area contributed by atoms with Gasteiger partial charge in [-0.3, -0.25) is 4.79 Å². The number of aromatic nitrogens is 4. The number of carbonyl (C=O) groups excluding carboxylic acids is 1. The quantitative estimate of drug-likeness (QED) is 0.214. The number of benzene rings is 2. The van der Waals surface area contributed by atoms with Crippen molar-refractivity contribution in [3.8, 4) is 28.8 Å². The van der Waals surface area contributed by atoms with Gasteiger partial charge in [-0.25, -0.2) is 9.67 Å². The molecule has 0 aliphatic carbocycles. The topological polar surface area (TPSA) is 97.8 Å². The number of hydrogen-bond donors (Lipinski definition) is 1. The zero-order valence-corrected chi connectivity index (χ0v) is 19.5. The Kier molecular flexibility index (Phi) is 7.71. The largest absolute Gasteiger partial charge is 0.494 e. The molecular formula is C27H26N6O2. The molecule has 0 aliphatic rings. The van der Waals surface area contributed by atoms with Crippen LogP contribution < -0.4 is 10.1 Å². The molecule has 0 fully saturated rings. The van der Waals surface area contributed by atoms with Crippen LogP contribution >= 0.6 is 0 Å². The minimum Gasteiger partial charge on any atom is -0.494 e. The molecule has 0 aliphatic heterocycles. The van der Waals surface area contributed by atoms with Gasteiger partial charge in [-0.15, -0.1) is 0 Å². The summed E-state index contributed by atoms with van der Waals surface area (Å²) in [4.78, 5) is 16.7. The number of ether oxygens (including phenoxy) is 1. The Morgan fingerprint density at radius 1 is 1.20 bits per heavy atom. The highest BCUT2D eigenvalue weighted by Crippen LogP contribution is 2.28. The first kappa shape index (κ1) is 23.5. The number of nitrogens with zero attached hydrogens (tertiary/aromatic N) is 5. The summed E-state index contributed by atoms with van der Waals surface area (Å²) < 4.78 is 9.33. The normalized spacial score (nSPS) is 11.1. The summed E-state index contributed by atoms with van der Waals surface area (Å²) >= 11 is 0. The number of amides is 1. The Hall–Kier alpha value is -4.64. The first-order chi connectivity index (χ1) is 17.2. The van der Waals surface area contributed by atoms with E-state index in [4.69, 9.17) is 9.84 Å². The average Bonchev–Trinajstić information content (AvgIpc) is 3.56. The Balaban J connectivity index is 1.60. The summed E-state index contributed by atoms with van der Waals surface area (Å²) in [5.74, 6) is 0.310. The average molecular weight is 467 g/mol. The van der Waals surface area contributed by atoms with Crippen LogP contribution in [0.2, 0.25) is 0 Å². The van der Waals surface area contributed by atoms with Gasteiger partial charge in [-0.1, -0.05) is 30.3 Å². The molecule has 4 aromatic rings. The minimum absolute atomic E-state index is 0.0162. The van der Waals surface area contributed by atoms with Gasteiger partial charge in [0.25, 0.3) is 5.91 Å². The Morgan fingerprint density at radius 2 is 2.06 bits per heavy atom. The van der Waals surface area contributed by atoms with Crippen LogP contribution in [-0.4, -0.2) is 38.4 Å². The highest BCUT2D eigenvalue weighted by atomic mass is 16.5. The minimum atomic E-state index is -0.417.